The fourth-order valence-electron chi connectivity index (χ4n) is 3.54. The molecule has 2 fully saturated rings. The molecular formula is C21H23F3N2O3. The van der Waals surface area contributed by atoms with E-state index in [-0.39, 0.29) is 29.9 Å². The molecule has 1 heterocycles. The highest BCUT2D eigenvalue weighted by atomic mass is 19.4. The van der Waals surface area contributed by atoms with Crippen LogP contribution in [0.3, 0.4) is 0 Å². The predicted octanol–water partition coefficient (Wildman–Crippen LogP) is 5.84. The fraction of sp³-hybridized carbons (Fsp3) is 0.524. The average molecular weight is 408 g/mol. The van der Waals surface area contributed by atoms with Crippen LogP contribution in [0.2, 0.25) is 0 Å². The number of para-hydroxylation sites is 1. The lowest BCUT2D eigenvalue weighted by atomic mass is 10.0. The molecule has 0 bridgehead atoms. The first kappa shape index (κ1) is 19.9. The van der Waals surface area contributed by atoms with E-state index in [4.69, 9.17) is 14.7 Å². The third-order valence-corrected chi connectivity index (χ3v) is 5.23. The number of halogens is 3. The van der Waals surface area contributed by atoms with E-state index in [0.29, 0.717) is 35.1 Å². The molecule has 2 aromatic rings. The molecule has 0 amide bonds. The second-order valence-corrected chi connectivity index (χ2v) is 7.86. The zero-order valence-electron chi connectivity index (χ0n) is 16.1. The van der Waals surface area contributed by atoms with Gasteiger partial charge in [0.15, 0.2) is 0 Å². The van der Waals surface area contributed by atoms with E-state index in [1.807, 2.05) is 0 Å². The number of nitrogens with zero attached hydrogens (tertiary/aromatic N) is 1. The molecule has 1 N–H and O–H groups in total. The minimum atomic E-state index is -4.80. The second kappa shape index (κ2) is 7.82. The Labute approximate surface area is 166 Å². The van der Waals surface area contributed by atoms with Crippen molar-refractivity contribution in [1.82, 2.24) is 5.16 Å². The SMILES string of the molecule is CC(=N)CC(OCc1c(-c2ccccc2OC(F)(F)F)noc1C1CC1)C1CC1. The Balaban J connectivity index is 1.63. The quantitative estimate of drug-likeness (QED) is 0.529. The number of nitrogens with one attached hydrogen (secondary N) is 1. The van der Waals surface area contributed by atoms with Crippen LogP contribution in [0.15, 0.2) is 28.8 Å². The van der Waals surface area contributed by atoms with Crippen molar-refractivity contribution < 1.29 is 27.2 Å². The van der Waals surface area contributed by atoms with Crippen LogP contribution in [0.25, 0.3) is 11.3 Å². The summed E-state index contributed by atoms with van der Waals surface area (Å²) < 4.78 is 54.4. The first-order chi connectivity index (χ1) is 13.8. The van der Waals surface area contributed by atoms with Gasteiger partial charge in [-0.15, -0.1) is 13.2 Å². The van der Waals surface area contributed by atoms with Crippen molar-refractivity contribution in [2.24, 2.45) is 5.92 Å². The minimum Gasteiger partial charge on any atom is -0.405 e. The van der Waals surface area contributed by atoms with Gasteiger partial charge < -0.3 is 19.4 Å². The van der Waals surface area contributed by atoms with Crippen molar-refractivity contribution >= 4 is 5.71 Å². The summed E-state index contributed by atoms with van der Waals surface area (Å²) in [6.45, 7) is 1.95. The van der Waals surface area contributed by atoms with Crippen molar-refractivity contribution in [3.63, 3.8) is 0 Å². The van der Waals surface area contributed by atoms with E-state index < -0.39 is 6.36 Å². The van der Waals surface area contributed by atoms with Crippen molar-refractivity contribution in [3.05, 3.63) is 35.6 Å². The Morgan fingerprint density at radius 1 is 1.24 bits per heavy atom. The van der Waals surface area contributed by atoms with Crippen LogP contribution in [-0.2, 0) is 11.3 Å². The van der Waals surface area contributed by atoms with E-state index in [2.05, 4.69) is 9.89 Å². The van der Waals surface area contributed by atoms with E-state index in [1.165, 1.54) is 12.1 Å². The lowest BCUT2D eigenvalue weighted by molar-refractivity contribution is -0.274. The molecule has 29 heavy (non-hydrogen) atoms. The number of aromatic nitrogens is 1. The number of ether oxygens (including phenoxy) is 2. The number of benzene rings is 1. The molecule has 0 saturated heterocycles. The molecular weight excluding hydrogens is 385 g/mol. The zero-order valence-corrected chi connectivity index (χ0v) is 16.1. The first-order valence-corrected chi connectivity index (χ1v) is 9.81. The highest BCUT2D eigenvalue weighted by Crippen LogP contribution is 2.46. The van der Waals surface area contributed by atoms with E-state index in [9.17, 15) is 13.2 Å². The number of rotatable bonds is 9. The fourth-order valence-corrected chi connectivity index (χ4v) is 3.54. The molecule has 2 saturated carbocycles. The molecule has 5 nitrogen and oxygen atoms in total. The van der Waals surface area contributed by atoms with Crippen LogP contribution >= 0.6 is 0 Å². The highest BCUT2D eigenvalue weighted by molar-refractivity contribution is 5.79. The monoisotopic (exact) mass is 408 g/mol. The Bertz CT molecular complexity index is 886. The van der Waals surface area contributed by atoms with E-state index in [0.717, 1.165) is 25.7 Å². The maximum absolute atomic E-state index is 12.8. The Morgan fingerprint density at radius 2 is 1.97 bits per heavy atom. The summed E-state index contributed by atoms with van der Waals surface area (Å²) in [6.07, 6.45) is -0.226. The third-order valence-electron chi connectivity index (χ3n) is 5.23. The van der Waals surface area contributed by atoms with Crippen molar-refractivity contribution in [3.8, 4) is 17.0 Å². The van der Waals surface area contributed by atoms with E-state index in [1.54, 1.807) is 19.1 Å². The normalized spacial score (nSPS) is 17.9. The summed E-state index contributed by atoms with van der Waals surface area (Å²) in [6, 6.07) is 5.93. The van der Waals surface area contributed by atoms with Gasteiger partial charge in [0.25, 0.3) is 0 Å². The molecule has 2 aliphatic rings. The summed E-state index contributed by atoms with van der Waals surface area (Å²) in [4.78, 5) is 0. The number of hydrogen-bond donors (Lipinski definition) is 1. The summed E-state index contributed by atoms with van der Waals surface area (Å²) in [5, 5.41) is 11.9. The van der Waals surface area contributed by atoms with Gasteiger partial charge >= 0.3 is 6.36 Å². The molecule has 0 aliphatic heterocycles. The van der Waals surface area contributed by atoms with Crippen molar-refractivity contribution in [1.29, 1.82) is 5.41 Å². The minimum absolute atomic E-state index is 0.0658. The van der Waals surface area contributed by atoms with Gasteiger partial charge in [-0.2, -0.15) is 0 Å². The zero-order chi connectivity index (χ0) is 20.6. The highest BCUT2D eigenvalue weighted by Gasteiger charge is 2.37. The summed E-state index contributed by atoms with van der Waals surface area (Å²) in [5.74, 6) is 1.03. The average Bonchev–Trinajstić information content (AvgIpc) is 3.55. The number of hydrogen-bond acceptors (Lipinski definition) is 5. The Kier molecular flexibility index (Phi) is 5.38. The molecule has 4 rings (SSSR count). The van der Waals surface area contributed by atoms with Crippen LogP contribution in [0.4, 0.5) is 13.2 Å². The molecule has 1 atom stereocenters. The number of alkyl halides is 3. The third kappa shape index (κ3) is 4.98. The van der Waals surface area contributed by atoms with Crippen LogP contribution in [0.1, 0.15) is 56.3 Å². The van der Waals surface area contributed by atoms with Crippen molar-refractivity contribution in [2.45, 2.75) is 64.0 Å². The van der Waals surface area contributed by atoms with Gasteiger partial charge in [-0.05, 0) is 50.7 Å². The van der Waals surface area contributed by atoms with E-state index >= 15 is 0 Å². The van der Waals surface area contributed by atoms with Gasteiger partial charge in [0.2, 0.25) is 0 Å². The van der Waals surface area contributed by atoms with Crippen LogP contribution in [0.5, 0.6) is 5.75 Å². The largest absolute Gasteiger partial charge is 0.573 e. The van der Waals surface area contributed by atoms with Crippen LogP contribution < -0.4 is 4.74 Å². The topological polar surface area (TPSA) is 68.3 Å². The molecule has 156 valence electrons. The molecule has 0 radical (unpaired) electrons. The molecule has 1 aromatic carbocycles. The second-order valence-electron chi connectivity index (χ2n) is 7.86. The van der Waals surface area contributed by atoms with Gasteiger partial charge in [-0.1, -0.05) is 17.3 Å². The van der Waals surface area contributed by atoms with Crippen molar-refractivity contribution in [2.75, 3.05) is 0 Å². The van der Waals surface area contributed by atoms with Gasteiger partial charge in [-0.3, -0.25) is 0 Å². The Morgan fingerprint density at radius 3 is 2.59 bits per heavy atom. The molecule has 8 heteroatoms. The Hall–Kier alpha value is -2.35. The lowest BCUT2D eigenvalue weighted by Gasteiger charge is -2.18. The summed E-state index contributed by atoms with van der Waals surface area (Å²) in [5.41, 5.74) is 1.79. The predicted molar refractivity (Wildman–Crippen MR) is 99.9 cm³/mol. The van der Waals surface area contributed by atoms with Crippen LogP contribution in [-0.4, -0.2) is 23.3 Å². The standard InChI is InChI=1S/C21H23F3N2O3/c1-12(25)10-18(13-6-7-13)27-11-16-19(26-29-20(16)14-8-9-14)15-4-2-3-5-17(15)28-21(22,23)24/h2-5,13-14,18,25H,6-11H2,1H3. The van der Waals surface area contributed by atoms with Gasteiger partial charge in [0.1, 0.15) is 17.2 Å². The summed E-state index contributed by atoms with van der Waals surface area (Å²) in [7, 11) is 0. The van der Waals surface area contributed by atoms with Gasteiger partial charge in [0.05, 0.1) is 12.7 Å². The van der Waals surface area contributed by atoms with Gasteiger partial charge in [0, 0.05) is 29.2 Å². The van der Waals surface area contributed by atoms with Crippen LogP contribution in [0, 0.1) is 11.3 Å². The summed E-state index contributed by atoms with van der Waals surface area (Å²) >= 11 is 0. The van der Waals surface area contributed by atoms with Gasteiger partial charge in [-0.25, -0.2) is 0 Å². The molecule has 1 unspecified atom stereocenters. The molecule has 1 aromatic heterocycles. The first-order valence-electron chi connectivity index (χ1n) is 9.81. The smallest absolute Gasteiger partial charge is 0.405 e. The molecule has 2 aliphatic carbocycles. The maximum Gasteiger partial charge on any atom is 0.573 e. The maximum atomic E-state index is 12.8. The molecule has 0 spiro atoms. The lowest BCUT2D eigenvalue weighted by Crippen LogP contribution is -2.19.